The minimum atomic E-state index is -1.07. The molecule has 0 bridgehead atoms. The summed E-state index contributed by atoms with van der Waals surface area (Å²) in [6.07, 6.45) is -0.120. The van der Waals surface area contributed by atoms with Gasteiger partial charge in [0.1, 0.15) is 11.6 Å². The number of nitrogens with zero attached hydrogens (tertiary/aromatic N) is 1. The topological polar surface area (TPSA) is 57.6 Å². The summed E-state index contributed by atoms with van der Waals surface area (Å²) in [7, 11) is 0. The van der Waals surface area contributed by atoms with Gasteiger partial charge < -0.3 is 10.0 Å². The molecule has 0 aromatic heterocycles. The molecule has 6 heteroatoms. The molecule has 18 heavy (non-hydrogen) atoms. The lowest BCUT2D eigenvalue weighted by Crippen LogP contribution is -2.26. The van der Waals surface area contributed by atoms with E-state index < -0.39 is 29.4 Å². The standard InChI is InChI=1S/C12H11F2NO3/c13-9-2-1-3-10(14)8(9)6-15-5-7(12(17)18)4-11(15)16/h1-3,7H,4-6H2,(H,17,18)/t7-/m0/s1. The molecule has 1 N–H and O–H groups in total. The van der Waals surface area contributed by atoms with Gasteiger partial charge in [0.2, 0.25) is 5.91 Å². The Morgan fingerprint density at radius 1 is 1.39 bits per heavy atom. The van der Waals surface area contributed by atoms with Crippen molar-refractivity contribution in [3.63, 3.8) is 0 Å². The van der Waals surface area contributed by atoms with Gasteiger partial charge in [-0.3, -0.25) is 9.59 Å². The van der Waals surface area contributed by atoms with Crippen molar-refractivity contribution in [2.75, 3.05) is 6.54 Å². The highest BCUT2D eigenvalue weighted by Gasteiger charge is 2.34. The van der Waals surface area contributed by atoms with Crippen molar-refractivity contribution < 1.29 is 23.5 Å². The number of likely N-dealkylation sites (tertiary alicyclic amines) is 1. The average Bonchev–Trinajstić information content (AvgIpc) is 2.66. The van der Waals surface area contributed by atoms with Crippen molar-refractivity contribution in [2.45, 2.75) is 13.0 Å². The van der Waals surface area contributed by atoms with E-state index in [0.29, 0.717) is 0 Å². The molecule has 1 saturated heterocycles. The van der Waals surface area contributed by atoms with Crippen LogP contribution >= 0.6 is 0 Å². The number of hydrogen-bond acceptors (Lipinski definition) is 2. The first-order valence-corrected chi connectivity index (χ1v) is 5.42. The molecule has 0 unspecified atom stereocenters. The van der Waals surface area contributed by atoms with Crippen molar-refractivity contribution in [1.29, 1.82) is 0 Å². The predicted molar refractivity (Wildman–Crippen MR) is 57.5 cm³/mol. The molecule has 0 aliphatic carbocycles. The fraction of sp³-hybridized carbons (Fsp3) is 0.333. The fourth-order valence-electron chi connectivity index (χ4n) is 1.96. The number of carboxylic acid groups (broad SMARTS) is 1. The first-order valence-electron chi connectivity index (χ1n) is 5.42. The molecule has 1 aromatic carbocycles. The SMILES string of the molecule is O=C(O)[C@H]1CC(=O)N(Cc2c(F)cccc2F)C1. The zero-order chi connectivity index (χ0) is 13.3. The highest BCUT2D eigenvalue weighted by molar-refractivity contribution is 5.86. The summed E-state index contributed by atoms with van der Waals surface area (Å²) in [6, 6.07) is 3.45. The molecule has 0 spiro atoms. The number of carbonyl (C=O) groups is 2. The third kappa shape index (κ3) is 2.32. The van der Waals surface area contributed by atoms with Crippen molar-refractivity contribution in [3.05, 3.63) is 35.4 Å². The van der Waals surface area contributed by atoms with Crippen LogP contribution in [0.1, 0.15) is 12.0 Å². The second kappa shape index (κ2) is 4.72. The van der Waals surface area contributed by atoms with Crippen LogP contribution in [0.4, 0.5) is 8.78 Å². The van der Waals surface area contributed by atoms with Gasteiger partial charge in [0.15, 0.2) is 0 Å². The second-order valence-corrected chi connectivity index (χ2v) is 4.21. The van der Waals surface area contributed by atoms with Gasteiger partial charge >= 0.3 is 5.97 Å². The largest absolute Gasteiger partial charge is 0.481 e. The highest BCUT2D eigenvalue weighted by atomic mass is 19.1. The zero-order valence-electron chi connectivity index (χ0n) is 9.40. The van der Waals surface area contributed by atoms with Crippen LogP contribution in [0.2, 0.25) is 0 Å². The number of rotatable bonds is 3. The van der Waals surface area contributed by atoms with Gasteiger partial charge in [-0.05, 0) is 12.1 Å². The van der Waals surface area contributed by atoms with Crippen molar-refractivity contribution in [3.8, 4) is 0 Å². The van der Waals surface area contributed by atoms with E-state index in [1.165, 1.54) is 11.0 Å². The number of carboxylic acids is 1. The minimum absolute atomic E-state index is 0.0120. The molecule has 1 heterocycles. The molecule has 1 atom stereocenters. The van der Waals surface area contributed by atoms with Crippen LogP contribution in [-0.4, -0.2) is 28.4 Å². The van der Waals surface area contributed by atoms with E-state index in [-0.39, 0.29) is 25.1 Å². The van der Waals surface area contributed by atoms with E-state index in [4.69, 9.17) is 5.11 Å². The summed E-state index contributed by atoms with van der Waals surface area (Å²) in [4.78, 5) is 23.5. The number of benzene rings is 1. The van der Waals surface area contributed by atoms with Gasteiger partial charge in [0.25, 0.3) is 0 Å². The summed E-state index contributed by atoms with van der Waals surface area (Å²) in [5.41, 5.74) is -0.211. The Labute approximate surface area is 102 Å². The second-order valence-electron chi connectivity index (χ2n) is 4.21. The lowest BCUT2D eigenvalue weighted by Gasteiger charge is -2.16. The van der Waals surface area contributed by atoms with Gasteiger partial charge in [-0.15, -0.1) is 0 Å². The van der Waals surface area contributed by atoms with E-state index >= 15 is 0 Å². The summed E-state index contributed by atoms with van der Waals surface area (Å²) < 4.78 is 26.8. The van der Waals surface area contributed by atoms with E-state index in [1.54, 1.807) is 0 Å². The molecule has 1 fully saturated rings. The number of aliphatic carboxylic acids is 1. The van der Waals surface area contributed by atoms with E-state index in [9.17, 15) is 18.4 Å². The van der Waals surface area contributed by atoms with Crippen LogP contribution in [0.5, 0.6) is 0 Å². The van der Waals surface area contributed by atoms with Crippen molar-refractivity contribution in [2.24, 2.45) is 5.92 Å². The maximum absolute atomic E-state index is 13.4. The maximum atomic E-state index is 13.4. The fourth-order valence-corrected chi connectivity index (χ4v) is 1.96. The van der Waals surface area contributed by atoms with Crippen LogP contribution in [0.25, 0.3) is 0 Å². The van der Waals surface area contributed by atoms with Crippen LogP contribution in [-0.2, 0) is 16.1 Å². The highest BCUT2D eigenvalue weighted by Crippen LogP contribution is 2.22. The van der Waals surface area contributed by atoms with Gasteiger partial charge in [0.05, 0.1) is 12.5 Å². The Balaban J connectivity index is 2.15. The average molecular weight is 255 g/mol. The van der Waals surface area contributed by atoms with Gasteiger partial charge in [-0.2, -0.15) is 0 Å². The smallest absolute Gasteiger partial charge is 0.308 e. The van der Waals surface area contributed by atoms with Gasteiger partial charge in [-0.1, -0.05) is 6.07 Å². The summed E-state index contributed by atoms with van der Waals surface area (Å²) in [6.45, 7) is -0.247. The Kier molecular flexibility index (Phi) is 3.27. The van der Waals surface area contributed by atoms with Crippen LogP contribution < -0.4 is 0 Å². The lowest BCUT2D eigenvalue weighted by molar-refractivity contribution is -0.141. The third-order valence-corrected chi connectivity index (χ3v) is 2.97. The summed E-state index contributed by atoms with van der Waals surface area (Å²) >= 11 is 0. The van der Waals surface area contributed by atoms with E-state index in [0.717, 1.165) is 12.1 Å². The molecular formula is C12H11F2NO3. The van der Waals surface area contributed by atoms with Gasteiger partial charge in [-0.25, -0.2) is 8.78 Å². The molecule has 0 radical (unpaired) electrons. The van der Waals surface area contributed by atoms with E-state index in [1.807, 2.05) is 0 Å². The third-order valence-electron chi connectivity index (χ3n) is 2.97. The molecule has 4 nitrogen and oxygen atoms in total. The molecule has 2 rings (SSSR count). The number of halogens is 2. The van der Waals surface area contributed by atoms with Crippen LogP contribution in [0.15, 0.2) is 18.2 Å². The molecule has 96 valence electrons. The lowest BCUT2D eigenvalue weighted by atomic mass is 10.1. The quantitative estimate of drug-likeness (QED) is 0.888. The molecule has 0 saturated carbocycles. The summed E-state index contributed by atoms with van der Waals surface area (Å²) in [5.74, 6) is -3.74. The number of amides is 1. The predicted octanol–water partition coefficient (Wildman–Crippen LogP) is 1.40. The monoisotopic (exact) mass is 255 g/mol. The zero-order valence-corrected chi connectivity index (χ0v) is 9.40. The number of carbonyl (C=O) groups excluding carboxylic acids is 1. The Morgan fingerprint density at radius 2 is 2.00 bits per heavy atom. The molecule has 1 aliphatic rings. The Bertz CT molecular complexity index is 484. The van der Waals surface area contributed by atoms with Crippen molar-refractivity contribution in [1.82, 2.24) is 4.90 Å². The first-order chi connectivity index (χ1) is 8.49. The molecule has 1 amide bonds. The van der Waals surface area contributed by atoms with E-state index in [2.05, 4.69) is 0 Å². The molecular weight excluding hydrogens is 244 g/mol. The van der Waals surface area contributed by atoms with Gasteiger partial charge in [0, 0.05) is 18.5 Å². The first kappa shape index (κ1) is 12.5. The van der Waals surface area contributed by atoms with Crippen molar-refractivity contribution >= 4 is 11.9 Å². The number of hydrogen-bond donors (Lipinski definition) is 1. The molecule has 1 aromatic rings. The minimum Gasteiger partial charge on any atom is -0.481 e. The molecule has 1 aliphatic heterocycles. The Morgan fingerprint density at radius 3 is 2.50 bits per heavy atom. The Hall–Kier alpha value is -1.98. The summed E-state index contributed by atoms with van der Waals surface area (Å²) in [5, 5.41) is 8.80. The maximum Gasteiger partial charge on any atom is 0.308 e. The van der Waals surface area contributed by atoms with Crippen LogP contribution in [0, 0.1) is 17.6 Å². The normalized spacial score (nSPS) is 19.3. The van der Waals surface area contributed by atoms with Crippen LogP contribution in [0.3, 0.4) is 0 Å².